The van der Waals surface area contributed by atoms with E-state index in [0.717, 1.165) is 0 Å². The first-order valence-electron chi connectivity index (χ1n) is 8.88. The summed E-state index contributed by atoms with van der Waals surface area (Å²) in [6, 6.07) is 10.4. The van der Waals surface area contributed by atoms with E-state index in [0.29, 0.717) is 22.7 Å². The van der Waals surface area contributed by atoms with Gasteiger partial charge in [0.15, 0.2) is 0 Å². The molecule has 6 nitrogen and oxygen atoms in total. The highest BCUT2D eigenvalue weighted by Gasteiger charge is 2.34. The van der Waals surface area contributed by atoms with Crippen LogP contribution in [0.25, 0.3) is 0 Å². The van der Waals surface area contributed by atoms with Crippen molar-refractivity contribution in [1.29, 1.82) is 0 Å². The van der Waals surface area contributed by atoms with Crippen molar-refractivity contribution in [2.75, 3.05) is 17.7 Å². The highest BCUT2D eigenvalue weighted by molar-refractivity contribution is 6.32. The van der Waals surface area contributed by atoms with Crippen molar-refractivity contribution in [2.45, 2.75) is 32.4 Å². The van der Waals surface area contributed by atoms with Gasteiger partial charge in [0, 0.05) is 16.9 Å². The molecule has 0 aromatic heterocycles. The van der Waals surface area contributed by atoms with Gasteiger partial charge in [0.1, 0.15) is 11.8 Å². The van der Waals surface area contributed by atoms with Crippen LogP contribution in [-0.2, 0) is 9.59 Å². The number of anilines is 2. The molecule has 0 fully saturated rings. The Morgan fingerprint density at radius 2 is 1.83 bits per heavy atom. The highest BCUT2D eigenvalue weighted by Crippen LogP contribution is 2.34. The molecule has 2 aromatic rings. The maximum absolute atomic E-state index is 13.2. The fraction of sp³-hybridized carbons (Fsp3) is 0.273. The van der Waals surface area contributed by atoms with E-state index in [9.17, 15) is 9.59 Å². The molecule has 0 spiro atoms. The largest absolute Gasteiger partial charge is 0.495 e. The molecule has 152 valence electrons. The molecule has 0 heterocycles. The molecule has 0 aliphatic heterocycles. The van der Waals surface area contributed by atoms with Crippen LogP contribution >= 0.6 is 11.6 Å². The van der Waals surface area contributed by atoms with E-state index in [-0.39, 0.29) is 5.02 Å². The van der Waals surface area contributed by atoms with Crippen LogP contribution in [0.3, 0.4) is 0 Å². The third-order valence-electron chi connectivity index (χ3n) is 4.01. The number of hydrogen-bond acceptors (Lipinski definition) is 4. The molecule has 2 amide bonds. The zero-order valence-corrected chi connectivity index (χ0v) is 17.6. The maximum atomic E-state index is 13.2. The number of rotatable bonds is 5. The number of hydrogen-bond donors (Lipinski definition) is 2. The highest BCUT2D eigenvalue weighted by atomic mass is 35.5. The average Bonchev–Trinajstić information content (AvgIpc) is 2.65. The van der Waals surface area contributed by atoms with E-state index in [1.54, 1.807) is 36.4 Å². The third-order valence-corrected chi connectivity index (χ3v) is 4.31. The fourth-order valence-electron chi connectivity index (χ4n) is 2.79. The minimum atomic E-state index is -1.03. The topological polar surface area (TPSA) is 84.7 Å². The van der Waals surface area contributed by atoms with Crippen LogP contribution in [0.15, 0.2) is 42.5 Å². The molecule has 7 heteroatoms. The van der Waals surface area contributed by atoms with Crippen LogP contribution in [0.2, 0.25) is 5.02 Å². The molecule has 0 radical (unpaired) electrons. The summed E-state index contributed by atoms with van der Waals surface area (Å²) in [6.07, 6.45) is 5.42. The normalized spacial score (nSPS) is 11.9. The summed E-state index contributed by atoms with van der Waals surface area (Å²) in [7, 11) is 1.49. The molecule has 0 saturated carbocycles. The predicted molar refractivity (Wildman–Crippen MR) is 116 cm³/mol. The van der Waals surface area contributed by atoms with E-state index < -0.39 is 23.4 Å². The molecule has 2 aromatic carbocycles. The van der Waals surface area contributed by atoms with Crippen LogP contribution < -0.4 is 20.7 Å². The van der Waals surface area contributed by atoms with Crippen molar-refractivity contribution in [3.63, 3.8) is 0 Å². The van der Waals surface area contributed by atoms with Gasteiger partial charge in [0.05, 0.1) is 12.1 Å². The molecular weight excluding hydrogens is 390 g/mol. The molecule has 3 N–H and O–H groups in total. The van der Waals surface area contributed by atoms with Gasteiger partial charge in [0.2, 0.25) is 5.91 Å². The molecule has 1 unspecified atom stereocenters. The van der Waals surface area contributed by atoms with E-state index in [4.69, 9.17) is 28.5 Å². The van der Waals surface area contributed by atoms with E-state index in [1.165, 1.54) is 18.1 Å². The van der Waals surface area contributed by atoms with Crippen LogP contribution in [0.5, 0.6) is 5.75 Å². The Morgan fingerprint density at radius 3 is 2.31 bits per heavy atom. The Balaban J connectivity index is 2.65. The number of halogens is 1. The lowest BCUT2D eigenvalue weighted by atomic mass is 10.0. The summed E-state index contributed by atoms with van der Waals surface area (Å²) in [4.78, 5) is 27.2. The molecule has 0 aliphatic rings. The zero-order chi connectivity index (χ0) is 21.8. The predicted octanol–water partition coefficient (Wildman–Crippen LogP) is 3.55. The Kier molecular flexibility index (Phi) is 6.78. The van der Waals surface area contributed by atoms with Gasteiger partial charge >= 0.3 is 5.91 Å². The number of ether oxygens (including phenoxy) is 1. The van der Waals surface area contributed by atoms with Crippen LogP contribution in [-0.4, -0.2) is 24.5 Å². The molecule has 1 atom stereocenters. The van der Waals surface area contributed by atoms with Gasteiger partial charge in [-0.2, -0.15) is 0 Å². The van der Waals surface area contributed by atoms with Gasteiger partial charge < -0.3 is 15.8 Å². The first kappa shape index (κ1) is 22.1. The van der Waals surface area contributed by atoms with Crippen LogP contribution in [0, 0.1) is 12.3 Å². The zero-order valence-electron chi connectivity index (χ0n) is 16.8. The number of nitrogens with two attached hydrogens (primary N) is 1. The third kappa shape index (κ3) is 5.43. The van der Waals surface area contributed by atoms with Crippen LogP contribution in [0.4, 0.5) is 11.4 Å². The first-order chi connectivity index (χ1) is 13.6. The molecule has 2 rings (SSSR count). The van der Waals surface area contributed by atoms with E-state index in [2.05, 4.69) is 11.2 Å². The number of carbonyl (C=O) groups excluding carboxylic acids is 2. The Bertz CT molecular complexity index is 943. The summed E-state index contributed by atoms with van der Waals surface area (Å²) in [5, 5.41) is 3.19. The molecule has 0 bridgehead atoms. The summed E-state index contributed by atoms with van der Waals surface area (Å²) in [5.74, 6) is 1.46. The van der Waals surface area contributed by atoms with E-state index >= 15 is 0 Å². The molecule has 0 saturated heterocycles. The minimum Gasteiger partial charge on any atom is -0.495 e. The van der Waals surface area contributed by atoms with Gasteiger partial charge in [-0.15, -0.1) is 6.42 Å². The summed E-state index contributed by atoms with van der Waals surface area (Å²) in [5.41, 5.74) is 6.71. The number of nitrogens with one attached hydrogen (secondary N) is 1. The second-order valence-corrected chi connectivity index (χ2v) is 7.85. The van der Waals surface area contributed by atoms with Crippen molar-refractivity contribution in [3.8, 4) is 18.1 Å². The number of nitrogens with zero attached hydrogens (tertiary/aromatic N) is 1. The van der Waals surface area contributed by atoms with Crippen LogP contribution in [0.1, 0.15) is 32.4 Å². The number of amides is 2. The number of nitrogen functional groups attached to an aromatic ring is 1. The lowest BCUT2D eigenvalue weighted by molar-refractivity contribution is -0.126. The SMILES string of the molecule is C#CC(=O)N(c1ccc(OC)c(Cl)c1)C(C(=O)NC(C)(C)C)c1ccc(N)cc1. The Hall–Kier alpha value is -3.17. The monoisotopic (exact) mass is 413 g/mol. The number of terminal acetylenes is 1. The second kappa shape index (κ2) is 8.89. The average molecular weight is 414 g/mol. The molecule has 29 heavy (non-hydrogen) atoms. The second-order valence-electron chi connectivity index (χ2n) is 7.45. The van der Waals surface area contributed by atoms with Gasteiger partial charge in [-0.3, -0.25) is 14.5 Å². The number of carbonyl (C=O) groups is 2. The summed E-state index contributed by atoms with van der Waals surface area (Å²) < 4.78 is 5.17. The van der Waals surface area contributed by atoms with Crippen molar-refractivity contribution in [2.24, 2.45) is 0 Å². The smallest absolute Gasteiger partial charge is 0.303 e. The molecule has 0 aliphatic carbocycles. The standard InChI is InChI=1S/C22H24ClN3O3/c1-6-19(27)26(16-11-12-18(29-5)17(23)13-16)20(21(28)25-22(2,3)4)14-7-9-15(24)10-8-14/h1,7-13,20H,24H2,2-5H3,(H,25,28). The number of methoxy groups -OCH3 is 1. The van der Waals surface area contributed by atoms with Gasteiger partial charge in [0.25, 0.3) is 0 Å². The van der Waals surface area contributed by atoms with E-state index in [1.807, 2.05) is 20.8 Å². The van der Waals surface area contributed by atoms with Crippen molar-refractivity contribution in [3.05, 3.63) is 53.1 Å². The van der Waals surface area contributed by atoms with Crippen molar-refractivity contribution in [1.82, 2.24) is 5.32 Å². The van der Waals surface area contributed by atoms with Gasteiger partial charge in [-0.05, 0) is 62.6 Å². The molecular formula is C22H24ClN3O3. The van der Waals surface area contributed by atoms with Crippen molar-refractivity contribution >= 4 is 34.8 Å². The fourth-order valence-corrected chi connectivity index (χ4v) is 3.04. The maximum Gasteiger partial charge on any atom is 0.303 e. The minimum absolute atomic E-state index is 0.284. The van der Waals surface area contributed by atoms with Gasteiger partial charge in [-0.1, -0.05) is 23.7 Å². The van der Waals surface area contributed by atoms with Gasteiger partial charge in [-0.25, -0.2) is 0 Å². The quantitative estimate of drug-likeness (QED) is 0.579. The summed E-state index contributed by atoms with van der Waals surface area (Å²) in [6.45, 7) is 5.55. The summed E-state index contributed by atoms with van der Waals surface area (Å²) >= 11 is 6.25. The lowest BCUT2D eigenvalue weighted by Crippen LogP contribution is -2.49. The first-order valence-corrected chi connectivity index (χ1v) is 9.26. The lowest BCUT2D eigenvalue weighted by Gasteiger charge is -2.32. The Morgan fingerprint density at radius 1 is 1.21 bits per heavy atom. The number of benzene rings is 2. The van der Waals surface area contributed by atoms with Crippen molar-refractivity contribution < 1.29 is 14.3 Å². The Labute approximate surface area is 176 Å².